The molecule has 7 heteroatoms. The number of nitrogens with zero attached hydrogens (tertiary/aromatic N) is 6. The van der Waals surface area contributed by atoms with Gasteiger partial charge in [-0.1, -0.05) is 231 Å². The Morgan fingerprint density at radius 1 is 0.197 bits per heavy atom. The van der Waals surface area contributed by atoms with E-state index in [1.54, 1.807) is 0 Å². The second-order valence-corrected chi connectivity index (χ2v) is 18.5. The summed E-state index contributed by atoms with van der Waals surface area (Å²) in [5, 5.41) is 5.14. The molecule has 0 bridgehead atoms. The Labute approximate surface area is 356 Å². The van der Waals surface area contributed by atoms with Crippen molar-refractivity contribution in [3.8, 4) is 68.3 Å². The van der Waals surface area contributed by atoms with Crippen LogP contribution in [0.3, 0.4) is 0 Å². The third-order valence-corrected chi connectivity index (χ3v) is 15.7. The van der Waals surface area contributed by atoms with Crippen molar-refractivity contribution in [3.63, 3.8) is 0 Å². The highest BCUT2D eigenvalue weighted by atomic mass is 28.3. The Kier molecular flexibility index (Phi) is 10.2. The molecule has 0 spiro atoms. The van der Waals surface area contributed by atoms with E-state index in [-0.39, 0.29) is 0 Å². The van der Waals surface area contributed by atoms with E-state index in [9.17, 15) is 0 Å². The molecule has 61 heavy (non-hydrogen) atoms. The highest BCUT2D eigenvalue weighted by Gasteiger charge is 2.41. The second-order valence-electron chi connectivity index (χ2n) is 14.7. The minimum atomic E-state index is -2.80. The molecule has 0 aliphatic rings. The SMILES string of the molecule is c1ccc(-c2nc(-c3ccccc3)nc(-c3ccc(-c4nc(-c5ccccc5)nc(-c5cccc([Si](c6ccccc6)(c6ccccc6)c6ccccc6)c5)n4)cc3)n2)cc1. The summed E-state index contributed by atoms with van der Waals surface area (Å²) in [7, 11) is -2.80. The molecule has 288 valence electrons. The van der Waals surface area contributed by atoms with Gasteiger partial charge in [-0.15, -0.1) is 0 Å². The number of hydrogen-bond donors (Lipinski definition) is 0. The molecule has 6 nitrogen and oxygen atoms in total. The van der Waals surface area contributed by atoms with Crippen molar-refractivity contribution in [2.24, 2.45) is 0 Å². The maximum absolute atomic E-state index is 5.20. The van der Waals surface area contributed by atoms with Crippen LogP contribution in [0, 0.1) is 0 Å². The lowest BCUT2D eigenvalue weighted by molar-refractivity contribution is 1.07. The molecule has 0 fully saturated rings. The van der Waals surface area contributed by atoms with Gasteiger partial charge in [0, 0.05) is 33.4 Å². The zero-order valence-electron chi connectivity index (χ0n) is 33.1. The molecule has 2 heterocycles. The quantitative estimate of drug-likeness (QED) is 0.101. The normalized spacial score (nSPS) is 11.3. The number of rotatable bonds is 10. The molecular formula is C54H38N6Si. The first kappa shape index (κ1) is 37.3. The first-order valence-electron chi connectivity index (χ1n) is 20.3. The van der Waals surface area contributed by atoms with E-state index < -0.39 is 8.07 Å². The predicted molar refractivity (Wildman–Crippen MR) is 249 cm³/mol. The predicted octanol–water partition coefficient (Wildman–Crippen LogP) is 9.44. The molecule has 0 N–H and O–H groups in total. The molecular weight excluding hydrogens is 761 g/mol. The number of benzene rings is 8. The summed E-state index contributed by atoms with van der Waals surface area (Å²) in [6.45, 7) is 0. The van der Waals surface area contributed by atoms with Crippen LogP contribution in [-0.4, -0.2) is 38.0 Å². The van der Waals surface area contributed by atoms with Crippen molar-refractivity contribution < 1.29 is 0 Å². The van der Waals surface area contributed by atoms with Crippen LogP contribution in [0.1, 0.15) is 0 Å². The average Bonchev–Trinajstić information content (AvgIpc) is 3.36. The van der Waals surface area contributed by atoms with E-state index in [4.69, 9.17) is 29.9 Å². The van der Waals surface area contributed by atoms with Crippen LogP contribution in [0.4, 0.5) is 0 Å². The first-order chi connectivity index (χ1) is 30.2. The van der Waals surface area contributed by atoms with Crippen LogP contribution in [-0.2, 0) is 0 Å². The van der Waals surface area contributed by atoms with Gasteiger partial charge in [-0.3, -0.25) is 0 Å². The van der Waals surface area contributed by atoms with E-state index >= 15 is 0 Å². The summed E-state index contributed by atoms with van der Waals surface area (Å²) >= 11 is 0. The standard InChI is InChI=1S/C54H38N6Si/c1-7-20-39(21-8-1)49-55-50(40-22-9-2-10-23-40)57-52(56-49)42-34-36-43(37-35-42)53-58-51(41-24-11-3-12-25-41)59-54(60-53)44-26-19-33-48(38-44)61(45-27-13-4-14-28-45,46-29-15-5-16-30-46)47-31-17-6-18-32-47/h1-38H. The summed E-state index contributed by atoms with van der Waals surface area (Å²) in [5.41, 5.74) is 5.38. The summed E-state index contributed by atoms with van der Waals surface area (Å²) in [5.74, 6) is 3.59. The largest absolute Gasteiger partial charge is 0.208 e. The molecule has 10 rings (SSSR count). The minimum absolute atomic E-state index is 0.573. The van der Waals surface area contributed by atoms with E-state index in [1.165, 1.54) is 20.7 Å². The van der Waals surface area contributed by atoms with Gasteiger partial charge in [-0.25, -0.2) is 29.9 Å². The van der Waals surface area contributed by atoms with E-state index in [0.717, 1.165) is 33.4 Å². The van der Waals surface area contributed by atoms with Crippen LogP contribution in [0.5, 0.6) is 0 Å². The van der Waals surface area contributed by atoms with Crippen molar-refractivity contribution in [3.05, 3.63) is 231 Å². The average molecular weight is 799 g/mol. The molecule has 10 aromatic rings. The smallest absolute Gasteiger partial charge is 0.179 e. The van der Waals surface area contributed by atoms with Crippen LogP contribution in [0.25, 0.3) is 68.3 Å². The van der Waals surface area contributed by atoms with Gasteiger partial charge in [0.2, 0.25) is 0 Å². The summed E-state index contributed by atoms with van der Waals surface area (Å²) < 4.78 is 0. The summed E-state index contributed by atoms with van der Waals surface area (Å²) in [6.07, 6.45) is 0. The molecule has 0 atom stereocenters. The Balaban J connectivity index is 1.10. The van der Waals surface area contributed by atoms with Crippen molar-refractivity contribution in [2.45, 2.75) is 0 Å². The third kappa shape index (κ3) is 7.46. The molecule has 0 saturated carbocycles. The van der Waals surface area contributed by atoms with Gasteiger partial charge in [0.05, 0.1) is 0 Å². The van der Waals surface area contributed by atoms with Gasteiger partial charge in [0.1, 0.15) is 0 Å². The van der Waals surface area contributed by atoms with E-state index in [0.29, 0.717) is 34.9 Å². The van der Waals surface area contributed by atoms with Crippen LogP contribution in [0.2, 0.25) is 0 Å². The molecule has 0 amide bonds. The van der Waals surface area contributed by atoms with Crippen molar-refractivity contribution in [1.29, 1.82) is 0 Å². The Morgan fingerprint density at radius 2 is 0.426 bits per heavy atom. The maximum atomic E-state index is 5.20. The Bertz CT molecular complexity index is 2890. The molecule has 2 aromatic heterocycles. The molecule has 0 saturated heterocycles. The fraction of sp³-hybridized carbons (Fsp3) is 0. The Hall–Kier alpha value is -8.00. The van der Waals surface area contributed by atoms with Gasteiger partial charge >= 0.3 is 0 Å². The van der Waals surface area contributed by atoms with Gasteiger partial charge in [0.15, 0.2) is 43.0 Å². The summed E-state index contributed by atoms with van der Waals surface area (Å²) in [4.78, 5) is 30.2. The second kappa shape index (κ2) is 16.7. The fourth-order valence-corrected chi connectivity index (χ4v) is 12.8. The molecule has 0 unspecified atom stereocenters. The van der Waals surface area contributed by atoms with Crippen molar-refractivity contribution in [2.75, 3.05) is 0 Å². The first-order valence-corrected chi connectivity index (χ1v) is 22.3. The van der Waals surface area contributed by atoms with Gasteiger partial charge < -0.3 is 0 Å². The number of aromatic nitrogens is 6. The van der Waals surface area contributed by atoms with Crippen LogP contribution >= 0.6 is 0 Å². The van der Waals surface area contributed by atoms with Gasteiger partial charge in [-0.2, -0.15) is 0 Å². The van der Waals surface area contributed by atoms with E-state index in [1.807, 2.05) is 115 Å². The van der Waals surface area contributed by atoms with Crippen molar-refractivity contribution >= 4 is 28.8 Å². The zero-order chi connectivity index (χ0) is 40.9. The molecule has 0 radical (unpaired) electrons. The van der Waals surface area contributed by atoms with E-state index in [2.05, 4.69) is 115 Å². The highest BCUT2D eigenvalue weighted by molar-refractivity contribution is 7.19. The molecule has 8 aromatic carbocycles. The van der Waals surface area contributed by atoms with Crippen LogP contribution < -0.4 is 20.7 Å². The molecule has 0 aliphatic carbocycles. The fourth-order valence-electron chi connectivity index (χ4n) is 8.01. The Morgan fingerprint density at radius 3 is 0.738 bits per heavy atom. The number of hydrogen-bond acceptors (Lipinski definition) is 6. The topological polar surface area (TPSA) is 77.3 Å². The van der Waals surface area contributed by atoms with Gasteiger partial charge in [-0.05, 0) is 20.7 Å². The lowest BCUT2D eigenvalue weighted by atomic mass is 10.1. The third-order valence-electron chi connectivity index (χ3n) is 10.9. The maximum Gasteiger partial charge on any atom is 0.179 e. The summed E-state index contributed by atoms with van der Waals surface area (Å²) in [6, 6.07) is 79.9. The van der Waals surface area contributed by atoms with Crippen molar-refractivity contribution in [1.82, 2.24) is 29.9 Å². The lowest BCUT2D eigenvalue weighted by Crippen LogP contribution is -2.74. The monoisotopic (exact) mass is 798 g/mol. The van der Waals surface area contributed by atoms with Gasteiger partial charge in [0.25, 0.3) is 0 Å². The minimum Gasteiger partial charge on any atom is -0.208 e. The zero-order valence-corrected chi connectivity index (χ0v) is 34.1. The van der Waals surface area contributed by atoms with Crippen LogP contribution in [0.15, 0.2) is 231 Å². The molecule has 0 aliphatic heterocycles. The highest BCUT2D eigenvalue weighted by Crippen LogP contribution is 2.29. The lowest BCUT2D eigenvalue weighted by Gasteiger charge is -2.34.